The van der Waals surface area contributed by atoms with Crippen LogP contribution in [0.3, 0.4) is 0 Å². The number of rotatable bonds is 4. The molecule has 0 aromatic heterocycles. The summed E-state index contributed by atoms with van der Waals surface area (Å²) in [6, 6.07) is 0. The summed E-state index contributed by atoms with van der Waals surface area (Å²) in [6.07, 6.45) is 12.8. The van der Waals surface area contributed by atoms with Crippen LogP contribution in [0, 0.1) is 0 Å². The quantitative estimate of drug-likeness (QED) is 0.522. The molecule has 0 unspecified atom stereocenters. The van der Waals surface area contributed by atoms with E-state index in [9.17, 15) is 0 Å². The van der Waals surface area contributed by atoms with Gasteiger partial charge in [0, 0.05) is 0 Å². The first kappa shape index (κ1) is 20.0. The molecule has 1 aliphatic rings. The van der Waals surface area contributed by atoms with Crippen molar-refractivity contribution < 1.29 is 0 Å². The van der Waals surface area contributed by atoms with Gasteiger partial charge in [-0.05, 0) is 43.4 Å². The van der Waals surface area contributed by atoms with Crippen LogP contribution in [0.15, 0.2) is 59.3 Å². The highest BCUT2D eigenvalue weighted by Crippen LogP contribution is 2.34. The van der Waals surface area contributed by atoms with E-state index in [0.29, 0.717) is 0 Å². The molecule has 0 saturated carbocycles. The molecule has 0 N–H and O–H groups in total. The van der Waals surface area contributed by atoms with Crippen molar-refractivity contribution in [1.29, 1.82) is 0 Å². The Hall–Kier alpha value is -1.30. The second kappa shape index (κ2) is 13.1. The fourth-order valence-corrected chi connectivity index (χ4v) is 1.89. The lowest BCUT2D eigenvalue weighted by atomic mass is 10.0. The summed E-state index contributed by atoms with van der Waals surface area (Å²) >= 11 is 0. The van der Waals surface area contributed by atoms with Crippen LogP contribution in [-0.4, -0.2) is 0 Å². The summed E-state index contributed by atoms with van der Waals surface area (Å²) in [4.78, 5) is 0. The Labute approximate surface area is 121 Å². The Morgan fingerprint density at radius 2 is 1.63 bits per heavy atom. The molecule has 0 aromatic rings. The van der Waals surface area contributed by atoms with Crippen molar-refractivity contribution in [3.63, 3.8) is 0 Å². The molecule has 0 heterocycles. The van der Waals surface area contributed by atoms with Crippen LogP contribution >= 0.6 is 0 Å². The number of hydrogen-bond acceptors (Lipinski definition) is 0. The molecule has 1 rings (SSSR count). The van der Waals surface area contributed by atoms with E-state index in [1.807, 2.05) is 33.8 Å². The standard InChI is InChI=1S/C15H20.2C2H6/c1-5-8-10-14-12(4)11-13(7-3)15(14)9-6-2;2*1-2/h6-10H,3,5,11H2,1-2,4H3;2*1-2H3/b9-6-,10-8-;;. The van der Waals surface area contributed by atoms with Gasteiger partial charge in [-0.2, -0.15) is 0 Å². The van der Waals surface area contributed by atoms with Crippen molar-refractivity contribution >= 4 is 0 Å². The van der Waals surface area contributed by atoms with E-state index in [1.165, 1.54) is 22.3 Å². The van der Waals surface area contributed by atoms with Gasteiger partial charge in [0.05, 0.1) is 0 Å². The predicted octanol–water partition coefficient (Wildman–Crippen LogP) is 6.78. The van der Waals surface area contributed by atoms with Crippen LogP contribution in [0.1, 0.15) is 61.3 Å². The molecular weight excluding hydrogens is 228 g/mol. The lowest BCUT2D eigenvalue weighted by Crippen LogP contribution is -1.82. The van der Waals surface area contributed by atoms with Crippen molar-refractivity contribution in [1.82, 2.24) is 0 Å². The molecule has 0 amide bonds. The Bertz CT molecular complexity index is 359. The van der Waals surface area contributed by atoms with Gasteiger partial charge in [-0.15, -0.1) is 0 Å². The molecule has 0 saturated heterocycles. The van der Waals surface area contributed by atoms with Gasteiger partial charge in [-0.25, -0.2) is 0 Å². The van der Waals surface area contributed by atoms with Gasteiger partial charge >= 0.3 is 0 Å². The van der Waals surface area contributed by atoms with Crippen LogP contribution < -0.4 is 0 Å². The van der Waals surface area contributed by atoms with Gasteiger partial charge in [0.1, 0.15) is 0 Å². The van der Waals surface area contributed by atoms with Gasteiger partial charge in [0.25, 0.3) is 0 Å². The van der Waals surface area contributed by atoms with Crippen molar-refractivity contribution in [3.05, 3.63) is 59.3 Å². The summed E-state index contributed by atoms with van der Waals surface area (Å²) in [5.74, 6) is 0. The van der Waals surface area contributed by atoms with Crippen molar-refractivity contribution in [2.24, 2.45) is 0 Å². The molecule has 19 heavy (non-hydrogen) atoms. The van der Waals surface area contributed by atoms with Crippen LogP contribution in [0.4, 0.5) is 0 Å². The Balaban J connectivity index is 0. The van der Waals surface area contributed by atoms with Crippen molar-refractivity contribution in [2.45, 2.75) is 61.3 Å². The van der Waals surface area contributed by atoms with Gasteiger partial charge in [-0.3, -0.25) is 0 Å². The normalized spacial score (nSPS) is 14.5. The first-order valence-electron chi connectivity index (χ1n) is 7.59. The van der Waals surface area contributed by atoms with Crippen LogP contribution in [0.5, 0.6) is 0 Å². The molecule has 0 aliphatic heterocycles. The van der Waals surface area contributed by atoms with Gasteiger partial charge in [0.2, 0.25) is 0 Å². The molecule has 0 atom stereocenters. The molecule has 0 heteroatoms. The highest BCUT2D eigenvalue weighted by molar-refractivity contribution is 5.59. The molecular formula is C19H32. The zero-order chi connectivity index (χ0) is 15.3. The van der Waals surface area contributed by atoms with E-state index in [2.05, 4.69) is 51.7 Å². The van der Waals surface area contributed by atoms with Crippen LogP contribution in [-0.2, 0) is 0 Å². The first-order chi connectivity index (χ1) is 9.24. The van der Waals surface area contributed by atoms with E-state index in [4.69, 9.17) is 0 Å². The van der Waals surface area contributed by atoms with E-state index < -0.39 is 0 Å². The molecule has 0 nitrogen and oxygen atoms in total. The lowest BCUT2D eigenvalue weighted by Gasteiger charge is -2.01. The average molecular weight is 260 g/mol. The van der Waals surface area contributed by atoms with Crippen molar-refractivity contribution in [3.8, 4) is 0 Å². The lowest BCUT2D eigenvalue weighted by molar-refractivity contribution is 1.18. The van der Waals surface area contributed by atoms with E-state index in [-0.39, 0.29) is 0 Å². The summed E-state index contributed by atoms with van der Waals surface area (Å²) in [7, 11) is 0. The Morgan fingerprint density at radius 1 is 1.05 bits per heavy atom. The largest absolute Gasteiger partial charge is 0.0988 e. The zero-order valence-corrected chi connectivity index (χ0v) is 14.0. The maximum atomic E-state index is 3.88. The second-order valence-corrected chi connectivity index (χ2v) is 3.82. The fourth-order valence-electron chi connectivity index (χ4n) is 1.89. The fraction of sp³-hybridized carbons (Fsp3) is 0.474. The maximum absolute atomic E-state index is 3.88. The molecule has 0 bridgehead atoms. The Kier molecular flexibility index (Phi) is 13.8. The minimum absolute atomic E-state index is 1.05. The summed E-state index contributed by atoms with van der Waals surface area (Å²) in [5.41, 5.74) is 5.52. The molecule has 0 fully saturated rings. The third kappa shape index (κ3) is 6.42. The van der Waals surface area contributed by atoms with Gasteiger partial charge in [0.15, 0.2) is 0 Å². The molecule has 108 valence electrons. The molecule has 0 radical (unpaired) electrons. The second-order valence-electron chi connectivity index (χ2n) is 3.82. The monoisotopic (exact) mass is 260 g/mol. The van der Waals surface area contributed by atoms with E-state index in [0.717, 1.165) is 12.8 Å². The van der Waals surface area contributed by atoms with Crippen LogP contribution in [0.25, 0.3) is 0 Å². The SMILES string of the molecule is C=CC1=C(/C=C\C)C(/C=C\CC)=C(C)C1.CC.CC. The van der Waals surface area contributed by atoms with Gasteiger partial charge < -0.3 is 0 Å². The highest BCUT2D eigenvalue weighted by atomic mass is 14.2. The maximum Gasteiger partial charge on any atom is -0.00547 e. The highest BCUT2D eigenvalue weighted by Gasteiger charge is 2.15. The first-order valence-corrected chi connectivity index (χ1v) is 7.59. The van der Waals surface area contributed by atoms with E-state index >= 15 is 0 Å². The topological polar surface area (TPSA) is 0 Å². The smallest absolute Gasteiger partial charge is 0.00547 e. The summed E-state index contributed by atoms with van der Waals surface area (Å²) < 4.78 is 0. The van der Waals surface area contributed by atoms with Crippen molar-refractivity contribution in [2.75, 3.05) is 0 Å². The average Bonchev–Trinajstić information content (AvgIpc) is 2.77. The number of allylic oxidation sites excluding steroid dienone is 9. The van der Waals surface area contributed by atoms with E-state index in [1.54, 1.807) is 0 Å². The molecule has 1 aliphatic carbocycles. The molecule has 0 aromatic carbocycles. The van der Waals surface area contributed by atoms with Crippen LogP contribution in [0.2, 0.25) is 0 Å². The minimum Gasteiger partial charge on any atom is -0.0988 e. The summed E-state index contributed by atoms with van der Waals surface area (Å²) in [6.45, 7) is 18.3. The predicted molar refractivity (Wildman–Crippen MR) is 91.5 cm³/mol. The third-order valence-electron chi connectivity index (χ3n) is 2.65. The summed E-state index contributed by atoms with van der Waals surface area (Å²) in [5, 5.41) is 0. The van der Waals surface area contributed by atoms with Gasteiger partial charge in [-0.1, -0.05) is 77.2 Å². The minimum atomic E-state index is 1.05. The Morgan fingerprint density at radius 3 is 2.05 bits per heavy atom. The zero-order valence-electron chi connectivity index (χ0n) is 14.0. The number of hydrogen-bond donors (Lipinski definition) is 0. The third-order valence-corrected chi connectivity index (χ3v) is 2.65. The molecule has 0 spiro atoms.